The van der Waals surface area contributed by atoms with Gasteiger partial charge in [-0.1, -0.05) is 0 Å². The maximum absolute atomic E-state index is 13.8. The van der Waals surface area contributed by atoms with E-state index in [-0.39, 0.29) is 22.5 Å². The summed E-state index contributed by atoms with van der Waals surface area (Å²) in [5.74, 6) is -3.84. The predicted molar refractivity (Wildman–Crippen MR) is 83.7 cm³/mol. The van der Waals surface area contributed by atoms with Crippen LogP contribution < -0.4 is 14.2 Å². The smallest absolute Gasteiger partial charge is 0.338 e. The van der Waals surface area contributed by atoms with E-state index in [0.717, 1.165) is 6.07 Å². The first-order valence-corrected chi connectivity index (χ1v) is 8.15. The molecule has 2 N–H and O–H groups in total. The van der Waals surface area contributed by atoms with E-state index in [2.05, 4.69) is 0 Å². The zero-order valence-electron chi connectivity index (χ0n) is 13.0. The van der Waals surface area contributed by atoms with Gasteiger partial charge < -0.3 is 14.6 Å². The monoisotopic (exact) mass is 373 g/mol. The number of ether oxygens (including phenoxy) is 2. The average Bonchev–Trinajstić information content (AvgIpc) is 2.56. The van der Waals surface area contributed by atoms with E-state index in [9.17, 15) is 22.0 Å². The van der Waals surface area contributed by atoms with Crippen molar-refractivity contribution in [2.75, 3.05) is 18.9 Å². The molecule has 0 saturated heterocycles. The van der Waals surface area contributed by atoms with Crippen molar-refractivity contribution in [3.8, 4) is 11.5 Å². The molecule has 0 aliphatic heterocycles. The van der Waals surface area contributed by atoms with Gasteiger partial charge in [0.25, 0.3) is 10.0 Å². The van der Waals surface area contributed by atoms with Gasteiger partial charge in [0.2, 0.25) is 0 Å². The number of methoxy groups -OCH3 is 2. The van der Waals surface area contributed by atoms with Crippen LogP contribution >= 0.6 is 0 Å². The van der Waals surface area contributed by atoms with Gasteiger partial charge in [-0.2, -0.15) is 0 Å². The minimum Gasteiger partial charge on any atom is -0.493 e. The number of nitrogens with one attached hydrogen (secondary N) is 1. The molecule has 0 amide bonds. The fraction of sp³-hybridized carbons (Fsp3) is 0.133. The Balaban J connectivity index is 2.46. The molecule has 0 aliphatic carbocycles. The SMILES string of the molecule is COc1ccc(S(=O)(=O)Nc2cc(C(=O)O)c(F)cc2F)cc1OC. The molecular weight excluding hydrogens is 360 g/mol. The second-order valence-electron chi connectivity index (χ2n) is 4.74. The van der Waals surface area contributed by atoms with E-state index in [0.29, 0.717) is 6.07 Å². The third-order valence-electron chi connectivity index (χ3n) is 3.20. The van der Waals surface area contributed by atoms with Gasteiger partial charge in [0, 0.05) is 12.1 Å². The molecule has 2 rings (SSSR count). The molecule has 0 spiro atoms. The zero-order valence-corrected chi connectivity index (χ0v) is 13.9. The lowest BCUT2D eigenvalue weighted by molar-refractivity contribution is 0.0692. The molecule has 0 fully saturated rings. The minimum atomic E-state index is -4.29. The molecule has 0 atom stereocenters. The van der Waals surface area contributed by atoms with Crippen LogP contribution in [-0.4, -0.2) is 33.7 Å². The summed E-state index contributed by atoms with van der Waals surface area (Å²) in [6.07, 6.45) is 0. The summed E-state index contributed by atoms with van der Waals surface area (Å²) < 4.78 is 63.8. The lowest BCUT2D eigenvalue weighted by Crippen LogP contribution is -2.15. The Labute approximate surface area is 141 Å². The highest BCUT2D eigenvalue weighted by Crippen LogP contribution is 2.30. The molecule has 0 aromatic heterocycles. The molecule has 0 aliphatic rings. The Kier molecular flexibility index (Phi) is 5.12. The summed E-state index contributed by atoms with van der Waals surface area (Å²) >= 11 is 0. The van der Waals surface area contributed by atoms with E-state index in [1.807, 2.05) is 4.72 Å². The van der Waals surface area contributed by atoms with Crippen molar-refractivity contribution in [1.82, 2.24) is 0 Å². The standard InChI is InChI=1S/C15H13F2NO6S/c1-23-13-4-3-8(5-14(13)24-2)25(21,22)18-12-6-9(15(19)20)10(16)7-11(12)17/h3-7,18H,1-2H3,(H,19,20). The summed E-state index contributed by atoms with van der Waals surface area (Å²) in [6, 6.07) is 4.50. The predicted octanol–water partition coefficient (Wildman–Crippen LogP) is 2.48. The molecule has 0 radical (unpaired) electrons. The van der Waals surface area contributed by atoms with Crippen molar-refractivity contribution < 1.29 is 36.6 Å². The number of aromatic carboxylic acids is 1. The van der Waals surface area contributed by atoms with Gasteiger partial charge >= 0.3 is 5.97 Å². The van der Waals surface area contributed by atoms with Crippen LogP contribution in [0.2, 0.25) is 0 Å². The Hall–Kier alpha value is -2.88. The second kappa shape index (κ2) is 6.93. The molecular formula is C15H13F2NO6S. The third-order valence-corrected chi connectivity index (χ3v) is 4.56. The molecule has 134 valence electrons. The quantitative estimate of drug-likeness (QED) is 0.807. The zero-order chi connectivity index (χ0) is 18.8. The molecule has 2 aromatic carbocycles. The third kappa shape index (κ3) is 3.79. The number of hydrogen-bond donors (Lipinski definition) is 2. The lowest BCUT2D eigenvalue weighted by Gasteiger charge is -2.12. The highest BCUT2D eigenvalue weighted by molar-refractivity contribution is 7.92. The van der Waals surface area contributed by atoms with Crippen LogP contribution in [0.3, 0.4) is 0 Å². The van der Waals surface area contributed by atoms with Crippen molar-refractivity contribution in [3.63, 3.8) is 0 Å². The Morgan fingerprint density at radius 2 is 1.68 bits per heavy atom. The van der Waals surface area contributed by atoms with E-state index < -0.39 is 38.9 Å². The largest absolute Gasteiger partial charge is 0.493 e. The highest BCUT2D eigenvalue weighted by atomic mass is 32.2. The van der Waals surface area contributed by atoms with Gasteiger partial charge in [-0.05, 0) is 18.2 Å². The summed E-state index contributed by atoms with van der Waals surface area (Å²) in [5, 5.41) is 8.85. The van der Waals surface area contributed by atoms with Gasteiger partial charge in [-0.15, -0.1) is 0 Å². The Morgan fingerprint density at radius 3 is 2.24 bits per heavy atom. The minimum absolute atomic E-state index is 0.121. The first-order chi connectivity index (χ1) is 11.7. The number of anilines is 1. The molecule has 0 saturated carbocycles. The Bertz CT molecular complexity index is 930. The maximum Gasteiger partial charge on any atom is 0.338 e. The van der Waals surface area contributed by atoms with E-state index in [4.69, 9.17) is 14.6 Å². The molecule has 2 aromatic rings. The summed E-state index contributed by atoms with van der Waals surface area (Å²) in [6.45, 7) is 0. The van der Waals surface area contributed by atoms with Crippen LogP contribution in [0.1, 0.15) is 10.4 Å². The number of carboxylic acids is 1. The number of hydrogen-bond acceptors (Lipinski definition) is 5. The Morgan fingerprint density at radius 1 is 1.04 bits per heavy atom. The topological polar surface area (TPSA) is 102 Å². The molecule has 0 unspecified atom stereocenters. The first kappa shape index (κ1) is 18.5. The van der Waals surface area contributed by atoms with Crippen LogP contribution in [0, 0.1) is 11.6 Å². The summed E-state index contributed by atoms with van der Waals surface area (Å²) in [4.78, 5) is 10.6. The highest BCUT2D eigenvalue weighted by Gasteiger charge is 2.21. The number of benzene rings is 2. The van der Waals surface area contributed by atoms with Crippen LogP contribution in [0.5, 0.6) is 11.5 Å². The molecule has 7 nitrogen and oxygen atoms in total. The fourth-order valence-electron chi connectivity index (χ4n) is 1.98. The summed E-state index contributed by atoms with van der Waals surface area (Å²) in [7, 11) is -1.62. The van der Waals surface area contributed by atoms with Crippen LogP contribution in [0.15, 0.2) is 35.2 Å². The molecule has 25 heavy (non-hydrogen) atoms. The number of rotatable bonds is 6. The molecule has 10 heteroatoms. The number of halogens is 2. The normalized spacial score (nSPS) is 11.0. The van der Waals surface area contributed by atoms with Crippen LogP contribution in [-0.2, 0) is 10.0 Å². The number of carboxylic acid groups (broad SMARTS) is 1. The van der Waals surface area contributed by atoms with Crippen molar-refractivity contribution >= 4 is 21.7 Å². The van der Waals surface area contributed by atoms with E-state index in [1.165, 1.54) is 26.4 Å². The summed E-state index contributed by atoms with van der Waals surface area (Å²) in [5.41, 5.74) is -1.57. The van der Waals surface area contributed by atoms with Crippen molar-refractivity contribution in [2.45, 2.75) is 4.90 Å². The van der Waals surface area contributed by atoms with Gasteiger partial charge in [-0.25, -0.2) is 22.0 Å². The number of carbonyl (C=O) groups is 1. The number of sulfonamides is 1. The molecule has 0 heterocycles. The first-order valence-electron chi connectivity index (χ1n) is 6.66. The van der Waals surface area contributed by atoms with E-state index in [1.54, 1.807) is 0 Å². The fourth-order valence-corrected chi connectivity index (χ4v) is 3.05. The van der Waals surface area contributed by atoms with Crippen LogP contribution in [0.25, 0.3) is 0 Å². The van der Waals surface area contributed by atoms with Gasteiger partial charge in [-0.3, -0.25) is 4.72 Å². The average molecular weight is 373 g/mol. The van der Waals surface area contributed by atoms with E-state index >= 15 is 0 Å². The maximum atomic E-state index is 13.8. The lowest BCUT2D eigenvalue weighted by atomic mass is 10.2. The van der Waals surface area contributed by atoms with Gasteiger partial charge in [0.05, 0.1) is 30.4 Å². The van der Waals surface area contributed by atoms with Crippen molar-refractivity contribution in [3.05, 3.63) is 47.5 Å². The molecule has 0 bridgehead atoms. The van der Waals surface area contributed by atoms with Crippen molar-refractivity contribution in [1.29, 1.82) is 0 Å². The second-order valence-corrected chi connectivity index (χ2v) is 6.42. The van der Waals surface area contributed by atoms with Gasteiger partial charge in [0.1, 0.15) is 11.6 Å². The van der Waals surface area contributed by atoms with Crippen LogP contribution in [0.4, 0.5) is 14.5 Å². The van der Waals surface area contributed by atoms with Gasteiger partial charge in [0.15, 0.2) is 11.5 Å². The van der Waals surface area contributed by atoms with Crippen molar-refractivity contribution in [2.24, 2.45) is 0 Å².